The molecule has 0 amide bonds. The van der Waals surface area contributed by atoms with Crippen molar-refractivity contribution in [3.05, 3.63) is 10.9 Å². The molecule has 0 radical (unpaired) electrons. The Morgan fingerprint density at radius 1 is 1.35 bits per heavy atom. The van der Waals surface area contributed by atoms with Gasteiger partial charge >= 0.3 is 0 Å². The number of nitrogens with two attached hydrogens (primary N) is 1. The molecular weight excluding hydrogens is 234 g/mol. The average Bonchev–Trinajstić information content (AvgIpc) is 2.71. The lowest BCUT2D eigenvalue weighted by Gasteiger charge is -2.27. The summed E-state index contributed by atoms with van der Waals surface area (Å²) in [4.78, 5) is 13.4. The van der Waals surface area contributed by atoms with E-state index in [1.54, 1.807) is 11.3 Å². The topological polar surface area (TPSA) is 67.1 Å². The smallest absolute Gasteiger partial charge is 0.228 e. The molecule has 6 heteroatoms. The summed E-state index contributed by atoms with van der Waals surface area (Å²) in [6.45, 7) is 5.90. The van der Waals surface area contributed by atoms with E-state index in [1.807, 2.05) is 0 Å². The lowest BCUT2D eigenvalue weighted by molar-refractivity contribution is 0.581. The first-order valence-electron chi connectivity index (χ1n) is 5.73. The number of piperazine rings is 1. The van der Waals surface area contributed by atoms with Crippen LogP contribution in [-0.4, -0.2) is 36.1 Å². The first kappa shape index (κ1) is 10.7. The van der Waals surface area contributed by atoms with Crippen LogP contribution in [0.15, 0.2) is 6.07 Å². The standard InChI is InChI=1S/C11H15N5S/c1-7-6-8-9(12)14-11(15-10(8)17-7)16-4-2-13-3-5-16/h6,13H,2-5H2,1H3,(H2,12,14,15). The number of fused-ring (bicyclic) bond motifs is 1. The maximum atomic E-state index is 5.99. The number of nitrogen functional groups attached to an aromatic ring is 1. The van der Waals surface area contributed by atoms with Gasteiger partial charge in [0.1, 0.15) is 10.6 Å². The summed E-state index contributed by atoms with van der Waals surface area (Å²) in [5.41, 5.74) is 5.99. The number of hydrogen-bond acceptors (Lipinski definition) is 6. The Labute approximate surface area is 104 Å². The van der Waals surface area contributed by atoms with Crippen molar-refractivity contribution in [2.24, 2.45) is 0 Å². The van der Waals surface area contributed by atoms with Crippen molar-refractivity contribution in [3.63, 3.8) is 0 Å². The zero-order valence-electron chi connectivity index (χ0n) is 9.73. The van der Waals surface area contributed by atoms with Crippen molar-refractivity contribution in [2.75, 3.05) is 36.8 Å². The molecule has 1 saturated heterocycles. The van der Waals surface area contributed by atoms with Gasteiger partial charge in [0.25, 0.3) is 0 Å². The monoisotopic (exact) mass is 249 g/mol. The van der Waals surface area contributed by atoms with Gasteiger partial charge in [0.15, 0.2) is 0 Å². The van der Waals surface area contributed by atoms with Gasteiger partial charge in [-0.1, -0.05) is 0 Å². The Hall–Kier alpha value is -1.40. The third-order valence-electron chi connectivity index (χ3n) is 2.93. The molecule has 0 unspecified atom stereocenters. The summed E-state index contributed by atoms with van der Waals surface area (Å²) in [7, 11) is 0. The molecular formula is C11H15N5S. The molecule has 3 N–H and O–H groups in total. The molecule has 3 rings (SSSR count). The van der Waals surface area contributed by atoms with Crippen molar-refractivity contribution in [2.45, 2.75) is 6.92 Å². The minimum atomic E-state index is 0.591. The fourth-order valence-electron chi connectivity index (χ4n) is 2.06. The molecule has 1 aliphatic rings. The van der Waals surface area contributed by atoms with Gasteiger partial charge in [-0.15, -0.1) is 11.3 Å². The third-order valence-corrected chi connectivity index (χ3v) is 3.88. The highest BCUT2D eigenvalue weighted by Crippen LogP contribution is 2.28. The number of thiophene rings is 1. The number of nitrogens with one attached hydrogen (secondary N) is 1. The van der Waals surface area contributed by atoms with Crippen LogP contribution >= 0.6 is 11.3 Å². The molecule has 1 fully saturated rings. The van der Waals surface area contributed by atoms with Gasteiger partial charge in [-0.3, -0.25) is 0 Å². The highest BCUT2D eigenvalue weighted by atomic mass is 32.1. The van der Waals surface area contributed by atoms with E-state index < -0.39 is 0 Å². The predicted octanol–water partition coefficient (Wildman–Crippen LogP) is 0.992. The Morgan fingerprint density at radius 2 is 2.12 bits per heavy atom. The molecule has 3 heterocycles. The van der Waals surface area contributed by atoms with Gasteiger partial charge in [0.2, 0.25) is 5.95 Å². The van der Waals surface area contributed by atoms with E-state index in [2.05, 4.69) is 33.2 Å². The average molecular weight is 249 g/mol. The van der Waals surface area contributed by atoms with E-state index in [-0.39, 0.29) is 0 Å². The van der Waals surface area contributed by atoms with E-state index in [1.165, 1.54) is 4.88 Å². The fraction of sp³-hybridized carbons (Fsp3) is 0.455. The van der Waals surface area contributed by atoms with E-state index >= 15 is 0 Å². The van der Waals surface area contributed by atoms with E-state index in [9.17, 15) is 0 Å². The summed E-state index contributed by atoms with van der Waals surface area (Å²) in [6, 6.07) is 2.05. The van der Waals surface area contributed by atoms with Crippen molar-refractivity contribution in [1.82, 2.24) is 15.3 Å². The van der Waals surface area contributed by atoms with Crippen LogP contribution in [-0.2, 0) is 0 Å². The number of nitrogens with zero attached hydrogens (tertiary/aromatic N) is 3. The zero-order valence-corrected chi connectivity index (χ0v) is 10.5. The van der Waals surface area contributed by atoms with Crippen molar-refractivity contribution in [3.8, 4) is 0 Å². The normalized spacial score (nSPS) is 16.6. The molecule has 5 nitrogen and oxygen atoms in total. The van der Waals surface area contributed by atoms with Crippen LogP contribution in [0.3, 0.4) is 0 Å². The van der Waals surface area contributed by atoms with E-state index in [0.717, 1.165) is 42.3 Å². The van der Waals surface area contributed by atoms with E-state index in [0.29, 0.717) is 5.82 Å². The molecule has 2 aromatic rings. The lowest BCUT2D eigenvalue weighted by atomic mass is 10.3. The van der Waals surface area contributed by atoms with Crippen LogP contribution in [0.2, 0.25) is 0 Å². The largest absolute Gasteiger partial charge is 0.383 e. The molecule has 90 valence electrons. The quantitative estimate of drug-likeness (QED) is 0.789. The molecule has 0 spiro atoms. The molecule has 2 aromatic heterocycles. The van der Waals surface area contributed by atoms with Gasteiger partial charge in [-0.2, -0.15) is 4.98 Å². The summed E-state index contributed by atoms with van der Waals surface area (Å²) in [5.74, 6) is 1.35. The second kappa shape index (κ2) is 4.12. The Bertz CT molecular complexity index is 544. The number of rotatable bonds is 1. The summed E-state index contributed by atoms with van der Waals surface area (Å²) in [5, 5.41) is 4.29. The van der Waals surface area contributed by atoms with E-state index in [4.69, 9.17) is 5.73 Å². The van der Waals surface area contributed by atoms with Crippen LogP contribution in [0, 0.1) is 6.92 Å². The molecule has 0 atom stereocenters. The van der Waals surface area contributed by atoms with Crippen molar-refractivity contribution < 1.29 is 0 Å². The highest BCUT2D eigenvalue weighted by molar-refractivity contribution is 7.18. The number of aromatic nitrogens is 2. The molecule has 1 aliphatic heterocycles. The van der Waals surface area contributed by atoms with Gasteiger partial charge in [-0.25, -0.2) is 4.98 Å². The molecule has 0 aromatic carbocycles. The molecule has 17 heavy (non-hydrogen) atoms. The molecule has 0 bridgehead atoms. The first-order chi connectivity index (χ1) is 8.24. The maximum absolute atomic E-state index is 5.99. The highest BCUT2D eigenvalue weighted by Gasteiger charge is 2.15. The zero-order chi connectivity index (χ0) is 11.8. The third kappa shape index (κ3) is 1.94. The maximum Gasteiger partial charge on any atom is 0.228 e. The minimum Gasteiger partial charge on any atom is -0.383 e. The van der Waals surface area contributed by atoms with Gasteiger partial charge < -0.3 is 16.0 Å². The van der Waals surface area contributed by atoms with Crippen molar-refractivity contribution >= 4 is 33.3 Å². The molecule has 0 saturated carbocycles. The lowest BCUT2D eigenvalue weighted by Crippen LogP contribution is -2.44. The van der Waals surface area contributed by atoms with Crippen LogP contribution in [0.5, 0.6) is 0 Å². The SMILES string of the molecule is Cc1cc2c(N)nc(N3CCNCC3)nc2s1. The summed E-state index contributed by atoms with van der Waals surface area (Å²) >= 11 is 1.67. The van der Waals surface area contributed by atoms with Crippen molar-refractivity contribution in [1.29, 1.82) is 0 Å². The summed E-state index contributed by atoms with van der Waals surface area (Å²) < 4.78 is 0. The first-order valence-corrected chi connectivity index (χ1v) is 6.55. The fourth-order valence-corrected chi connectivity index (χ4v) is 2.94. The Balaban J connectivity index is 2.04. The number of anilines is 2. The van der Waals surface area contributed by atoms with Crippen LogP contribution in [0.1, 0.15) is 4.88 Å². The summed E-state index contributed by atoms with van der Waals surface area (Å²) in [6.07, 6.45) is 0. The van der Waals surface area contributed by atoms with Gasteiger partial charge in [0, 0.05) is 31.1 Å². The minimum absolute atomic E-state index is 0.591. The molecule has 0 aliphatic carbocycles. The predicted molar refractivity (Wildman–Crippen MR) is 71.6 cm³/mol. The number of aryl methyl sites for hydroxylation is 1. The second-order valence-corrected chi connectivity index (χ2v) is 5.46. The van der Waals surface area contributed by atoms with Gasteiger partial charge in [0.05, 0.1) is 5.39 Å². The van der Waals surface area contributed by atoms with Crippen LogP contribution < -0.4 is 16.0 Å². The second-order valence-electron chi connectivity index (χ2n) is 4.22. The van der Waals surface area contributed by atoms with Crippen LogP contribution in [0.25, 0.3) is 10.2 Å². The number of hydrogen-bond donors (Lipinski definition) is 2. The Morgan fingerprint density at radius 3 is 2.88 bits per heavy atom. The van der Waals surface area contributed by atoms with Crippen LogP contribution in [0.4, 0.5) is 11.8 Å². The van der Waals surface area contributed by atoms with Gasteiger partial charge in [-0.05, 0) is 13.0 Å². The Kier molecular flexibility index (Phi) is 2.60.